The fraction of sp³-hybridized carbons (Fsp3) is 0.571. The van der Waals surface area contributed by atoms with Gasteiger partial charge in [-0.25, -0.2) is 0 Å². The van der Waals surface area contributed by atoms with E-state index in [1.54, 1.807) is 0 Å². The molecule has 2 atom stereocenters. The normalized spacial score (nSPS) is 23.6. The molecule has 1 heterocycles. The molecule has 18 heavy (non-hydrogen) atoms. The van der Waals surface area contributed by atoms with E-state index in [0.717, 1.165) is 26.1 Å². The van der Waals surface area contributed by atoms with Crippen LogP contribution in [0.2, 0.25) is 0 Å². The molecule has 0 bridgehead atoms. The van der Waals surface area contributed by atoms with Gasteiger partial charge in [0.05, 0.1) is 12.2 Å². The molecule has 3 N–H and O–H groups in total. The quantitative estimate of drug-likeness (QED) is 0.821. The van der Waals surface area contributed by atoms with E-state index in [1.807, 2.05) is 6.07 Å². The minimum atomic E-state index is -0.568. The highest BCUT2D eigenvalue weighted by Gasteiger charge is 2.24. The average Bonchev–Trinajstić information content (AvgIpc) is 2.65. The molecule has 2 unspecified atom stereocenters. The third-order valence-corrected chi connectivity index (χ3v) is 3.31. The summed E-state index contributed by atoms with van der Waals surface area (Å²) in [6, 6.07) is 10.4. The summed E-state index contributed by atoms with van der Waals surface area (Å²) in [6.07, 6.45) is 0.267. The van der Waals surface area contributed by atoms with Crippen LogP contribution in [-0.2, 0) is 11.3 Å². The summed E-state index contributed by atoms with van der Waals surface area (Å²) in [6.45, 7) is 3.60. The summed E-state index contributed by atoms with van der Waals surface area (Å²) in [7, 11) is 0. The number of hydrogen-bond acceptors (Lipinski definition) is 4. The predicted molar refractivity (Wildman–Crippen MR) is 71.1 cm³/mol. The van der Waals surface area contributed by atoms with Crippen LogP contribution in [0.15, 0.2) is 30.3 Å². The lowest BCUT2D eigenvalue weighted by molar-refractivity contribution is -0.0334. The Balaban J connectivity index is 1.95. The summed E-state index contributed by atoms with van der Waals surface area (Å²) in [4.78, 5) is 2.33. The van der Waals surface area contributed by atoms with Gasteiger partial charge in [0.1, 0.15) is 0 Å². The van der Waals surface area contributed by atoms with E-state index in [9.17, 15) is 5.11 Å². The highest BCUT2D eigenvalue weighted by atomic mass is 16.5. The first kappa shape index (κ1) is 13.5. The summed E-state index contributed by atoms with van der Waals surface area (Å²) in [5.41, 5.74) is 6.80. The van der Waals surface area contributed by atoms with Gasteiger partial charge in [-0.3, -0.25) is 4.90 Å². The van der Waals surface area contributed by atoms with E-state index in [4.69, 9.17) is 10.5 Å². The van der Waals surface area contributed by atoms with Crippen LogP contribution in [0.1, 0.15) is 12.0 Å². The van der Waals surface area contributed by atoms with Gasteiger partial charge in [-0.05, 0) is 12.0 Å². The Hall–Kier alpha value is -0.940. The Morgan fingerprint density at radius 3 is 2.89 bits per heavy atom. The van der Waals surface area contributed by atoms with E-state index in [2.05, 4.69) is 29.2 Å². The molecule has 2 rings (SSSR count). The van der Waals surface area contributed by atoms with Crippen molar-refractivity contribution in [3.05, 3.63) is 35.9 Å². The van der Waals surface area contributed by atoms with Gasteiger partial charge in [-0.2, -0.15) is 0 Å². The van der Waals surface area contributed by atoms with Crippen molar-refractivity contribution in [3.8, 4) is 0 Å². The number of nitrogens with zero attached hydrogens (tertiary/aromatic N) is 1. The van der Waals surface area contributed by atoms with Crippen LogP contribution in [0.25, 0.3) is 0 Å². The number of aliphatic hydroxyl groups excluding tert-OH is 1. The first-order valence-corrected chi connectivity index (χ1v) is 6.55. The molecule has 1 aliphatic heterocycles. The summed E-state index contributed by atoms with van der Waals surface area (Å²) >= 11 is 0. The van der Waals surface area contributed by atoms with E-state index in [1.165, 1.54) is 5.56 Å². The van der Waals surface area contributed by atoms with Crippen LogP contribution in [0, 0.1) is 0 Å². The maximum absolute atomic E-state index is 9.81. The van der Waals surface area contributed by atoms with Gasteiger partial charge < -0.3 is 15.6 Å². The molecule has 0 aromatic heterocycles. The third kappa shape index (κ3) is 3.78. The van der Waals surface area contributed by atoms with E-state index < -0.39 is 6.10 Å². The predicted octanol–water partition coefficient (Wildman–Crippen LogP) is 0.597. The van der Waals surface area contributed by atoms with Crippen molar-refractivity contribution in [1.29, 1.82) is 0 Å². The highest BCUT2D eigenvalue weighted by molar-refractivity contribution is 5.14. The number of nitrogens with two attached hydrogens (primary N) is 1. The maximum Gasteiger partial charge on any atom is 0.0972 e. The van der Waals surface area contributed by atoms with E-state index >= 15 is 0 Å². The first-order valence-electron chi connectivity index (χ1n) is 6.55. The average molecular weight is 250 g/mol. The van der Waals surface area contributed by atoms with Crippen molar-refractivity contribution >= 4 is 0 Å². The molecule has 0 aliphatic carbocycles. The zero-order valence-corrected chi connectivity index (χ0v) is 10.7. The number of rotatable bonds is 4. The van der Waals surface area contributed by atoms with Gasteiger partial charge in [0.2, 0.25) is 0 Å². The van der Waals surface area contributed by atoms with Crippen LogP contribution < -0.4 is 5.73 Å². The Bertz CT molecular complexity index is 345. The first-order chi connectivity index (χ1) is 8.79. The van der Waals surface area contributed by atoms with Crippen LogP contribution in [0.4, 0.5) is 0 Å². The zero-order valence-electron chi connectivity index (χ0n) is 10.7. The minimum Gasteiger partial charge on any atom is -0.389 e. The molecular formula is C14H22N2O2. The molecule has 1 fully saturated rings. The maximum atomic E-state index is 9.81. The van der Waals surface area contributed by atoms with Crippen molar-refractivity contribution in [2.75, 3.05) is 26.2 Å². The molecule has 0 spiro atoms. The van der Waals surface area contributed by atoms with Crippen LogP contribution in [-0.4, -0.2) is 48.5 Å². The molecule has 1 aromatic rings. The van der Waals surface area contributed by atoms with E-state index in [0.29, 0.717) is 6.61 Å². The Labute approximate surface area is 108 Å². The molecule has 4 heteroatoms. The second-order valence-electron chi connectivity index (χ2n) is 4.79. The number of hydrogen-bond donors (Lipinski definition) is 2. The number of aliphatic hydroxyl groups is 1. The number of ether oxygens (including phenoxy) is 1. The van der Waals surface area contributed by atoms with Crippen LogP contribution in [0.3, 0.4) is 0 Å². The fourth-order valence-corrected chi connectivity index (χ4v) is 2.29. The summed E-state index contributed by atoms with van der Waals surface area (Å²) in [5.74, 6) is 0. The lowest BCUT2D eigenvalue weighted by Crippen LogP contribution is -2.42. The SMILES string of the molecule is NCC(O)C1CN(Cc2ccccc2)CCCO1. The van der Waals surface area contributed by atoms with Gasteiger partial charge in [0.25, 0.3) is 0 Å². The molecule has 0 amide bonds. The van der Waals surface area contributed by atoms with Gasteiger partial charge >= 0.3 is 0 Å². The summed E-state index contributed by atoms with van der Waals surface area (Å²) < 4.78 is 5.65. The van der Waals surface area contributed by atoms with Crippen molar-refractivity contribution < 1.29 is 9.84 Å². The van der Waals surface area contributed by atoms with Crippen LogP contribution >= 0.6 is 0 Å². The summed E-state index contributed by atoms with van der Waals surface area (Å²) in [5, 5.41) is 9.81. The molecular weight excluding hydrogens is 228 g/mol. The zero-order chi connectivity index (χ0) is 12.8. The van der Waals surface area contributed by atoms with Crippen molar-refractivity contribution in [3.63, 3.8) is 0 Å². The second kappa shape index (κ2) is 6.85. The van der Waals surface area contributed by atoms with Crippen molar-refractivity contribution in [1.82, 2.24) is 4.90 Å². The van der Waals surface area contributed by atoms with Gasteiger partial charge in [0, 0.05) is 32.8 Å². The molecule has 0 saturated carbocycles. The Morgan fingerprint density at radius 1 is 1.39 bits per heavy atom. The molecule has 1 aliphatic rings. The highest BCUT2D eigenvalue weighted by Crippen LogP contribution is 2.12. The lowest BCUT2D eigenvalue weighted by Gasteiger charge is -2.26. The van der Waals surface area contributed by atoms with Crippen molar-refractivity contribution in [2.24, 2.45) is 5.73 Å². The molecule has 0 radical (unpaired) electrons. The van der Waals surface area contributed by atoms with Crippen LogP contribution in [0.5, 0.6) is 0 Å². The Kier molecular flexibility index (Phi) is 5.13. The fourth-order valence-electron chi connectivity index (χ4n) is 2.29. The topological polar surface area (TPSA) is 58.7 Å². The Morgan fingerprint density at radius 2 is 2.17 bits per heavy atom. The number of benzene rings is 1. The lowest BCUT2D eigenvalue weighted by atomic mass is 10.1. The molecule has 100 valence electrons. The largest absolute Gasteiger partial charge is 0.389 e. The molecule has 1 aromatic carbocycles. The van der Waals surface area contributed by atoms with Gasteiger partial charge in [0.15, 0.2) is 0 Å². The van der Waals surface area contributed by atoms with Gasteiger partial charge in [-0.1, -0.05) is 30.3 Å². The minimum absolute atomic E-state index is 0.166. The van der Waals surface area contributed by atoms with Crippen molar-refractivity contribution in [2.45, 2.75) is 25.2 Å². The molecule has 1 saturated heterocycles. The second-order valence-corrected chi connectivity index (χ2v) is 4.79. The standard InChI is InChI=1S/C14H22N2O2/c15-9-13(17)14-11-16(7-4-8-18-14)10-12-5-2-1-3-6-12/h1-3,5-6,13-14,17H,4,7-11,15H2. The molecule has 4 nitrogen and oxygen atoms in total. The van der Waals surface area contributed by atoms with Gasteiger partial charge in [-0.15, -0.1) is 0 Å². The third-order valence-electron chi connectivity index (χ3n) is 3.31. The van der Waals surface area contributed by atoms with E-state index in [-0.39, 0.29) is 12.6 Å². The monoisotopic (exact) mass is 250 g/mol. The smallest absolute Gasteiger partial charge is 0.0972 e.